The zero-order valence-corrected chi connectivity index (χ0v) is 13.2. The van der Waals surface area contributed by atoms with E-state index < -0.39 is 0 Å². The Morgan fingerprint density at radius 2 is 2.04 bits per heavy atom. The van der Waals surface area contributed by atoms with Gasteiger partial charge in [-0.15, -0.1) is 0 Å². The van der Waals surface area contributed by atoms with Gasteiger partial charge < -0.3 is 15.4 Å². The van der Waals surface area contributed by atoms with Gasteiger partial charge in [0.1, 0.15) is 11.4 Å². The molecule has 0 spiro atoms. The number of hydrogen-bond acceptors (Lipinski definition) is 5. The van der Waals surface area contributed by atoms with Crippen molar-refractivity contribution in [1.29, 1.82) is 0 Å². The number of para-hydroxylation sites is 2. The van der Waals surface area contributed by atoms with E-state index in [0.717, 1.165) is 24.3 Å². The Labute approximate surface area is 135 Å². The summed E-state index contributed by atoms with van der Waals surface area (Å²) in [6.07, 6.45) is 3.72. The van der Waals surface area contributed by atoms with Gasteiger partial charge in [0.25, 0.3) is 5.91 Å². The Hall–Kier alpha value is -2.63. The largest absolute Gasteiger partial charge is 0.489 e. The lowest BCUT2D eigenvalue weighted by atomic mass is 10.3. The van der Waals surface area contributed by atoms with Crippen LogP contribution in [0.15, 0.2) is 36.5 Å². The fourth-order valence-corrected chi connectivity index (χ4v) is 2.08. The molecule has 1 fully saturated rings. The second-order valence-corrected chi connectivity index (χ2v) is 5.80. The molecule has 0 atom stereocenters. The van der Waals surface area contributed by atoms with Crippen LogP contribution in [0.5, 0.6) is 5.75 Å². The number of carbonyl (C=O) groups is 1. The molecule has 1 aliphatic rings. The fraction of sp³-hybridized carbons (Fsp3) is 0.353. The van der Waals surface area contributed by atoms with Gasteiger partial charge in [0.2, 0.25) is 5.95 Å². The van der Waals surface area contributed by atoms with E-state index in [1.54, 1.807) is 12.3 Å². The van der Waals surface area contributed by atoms with Crippen LogP contribution >= 0.6 is 0 Å². The molecule has 1 saturated carbocycles. The van der Waals surface area contributed by atoms with Gasteiger partial charge in [-0.05, 0) is 44.9 Å². The molecule has 6 heteroatoms. The van der Waals surface area contributed by atoms with Crippen molar-refractivity contribution in [3.05, 3.63) is 42.2 Å². The third kappa shape index (κ3) is 4.18. The van der Waals surface area contributed by atoms with Crippen LogP contribution in [-0.2, 0) is 0 Å². The van der Waals surface area contributed by atoms with Crippen molar-refractivity contribution in [2.75, 3.05) is 5.32 Å². The van der Waals surface area contributed by atoms with Crippen LogP contribution < -0.4 is 15.4 Å². The van der Waals surface area contributed by atoms with Crippen molar-refractivity contribution in [3.8, 4) is 5.75 Å². The van der Waals surface area contributed by atoms with E-state index in [1.165, 1.54) is 0 Å². The first-order chi connectivity index (χ1) is 11.1. The zero-order valence-electron chi connectivity index (χ0n) is 13.2. The molecule has 0 radical (unpaired) electrons. The maximum Gasteiger partial charge on any atom is 0.270 e. The maximum atomic E-state index is 12.1. The predicted molar refractivity (Wildman–Crippen MR) is 88.0 cm³/mol. The summed E-state index contributed by atoms with van der Waals surface area (Å²) in [5.74, 6) is 0.928. The highest BCUT2D eigenvalue weighted by Gasteiger charge is 2.24. The summed E-state index contributed by atoms with van der Waals surface area (Å²) in [5.41, 5.74) is 1.12. The van der Waals surface area contributed by atoms with Crippen molar-refractivity contribution in [2.24, 2.45) is 0 Å². The predicted octanol–water partition coefficient (Wildman–Crippen LogP) is 2.90. The van der Waals surface area contributed by atoms with E-state index in [9.17, 15) is 4.79 Å². The molecule has 120 valence electrons. The van der Waals surface area contributed by atoms with E-state index in [1.807, 2.05) is 38.1 Å². The molecule has 1 heterocycles. The number of ether oxygens (including phenoxy) is 1. The summed E-state index contributed by atoms with van der Waals surface area (Å²) >= 11 is 0. The average molecular weight is 312 g/mol. The van der Waals surface area contributed by atoms with Crippen LogP contribution in [0.2, 0.25) is 0 Å². The van der Waals surface area contributed by atoms with E-state index in [2.05, 4.69) is 20.6 Å². The second kappa shape index (κ2) is 6.64. The van der Waals surface area contributed by atoms with Crippen LogP contribution in [0.25, 0.3) is 0 Å². The van der Waals surface area contributed by atoms with Crippen LogP contribution in [0.4, 0.5) is 11.6 Å². The molecule has 0 aliphatic heterocycles. The van der Waals surface area contributed by atoms with Crippen molar-refractivity contribution in [1.82, 2.24) is 15.3 Å². The minimum atomic E-state index is -0.162. The lowest BCUT2D eigenvalue weighted by Gasteiger charge is -2.14. The highest BCUT2D eigenvalue weighted by atomic mass is 16.5. The topological polar surface area (TPSA) is 76.1 Å². The molecule has 0 saturated heterocycles. The molecule has 1 aliphatic carbocycles. The summed E-state index contributed by atoms with van der Waals surface area (Å²) in [4.78, 5) is 20.5. The van der Waals surface area contributed by atoms with Crippen LogP contribution in [0, 0.1) is 0 Å². The van der Waals surface area contributed by atoms with Gasteiger partial charge in [0.15, 0.2) is 0 Å². The molecule has 0 unspecified atom stereocenters. The number of hydrogen-bond donors (Lipinski definition) is 2. The second-order valence-electron chi connectivity index (χ2n) is 5.80. The molecule has 1 amide bonds. The number of nitrogens with zero attached hydrogens (tertiary/aromatic N) is 2. The van der Waals surface area contributed by atoms with Crippen molar-refractivity contribution in [3.63, 3.8) is 0 Å². The molecule has 1 aromatic carbocycles. The monoisotopic (exact) mass is 312 g/mol. The Morgan fingerprint density at radius 1 is 1.26 bits per heavy atom. The van der Waals surface area contributed by atoms with Crippen LogP contribution in [0.3, 0.4) is 0 Å². The lowest BCUT2D eigenvalue weighted by molar-refractivity contribution is 0.0946. The molecule has 1 aromatic heterocycles. The summed E-state index contributed by atoms with van der Waals surface area (Å²) < 4.78 is 5.76. The molecule has 3 rings (SSSR count). The molecular formula is C17H20N4O2. The fourth-order valence-electron chi connectivity index (χ4n) is 2.08. The summed E-state index contributed by atoms with van der Waals surface area (Å²) in [7, 11) is 0. The maximum absolute atomic E-state index is 12.1. The smallest absolute Gasteiger partial charge is 0.270 e. The molecule has 2 aromatic rings. The van der Waals surface area contributed by atoms with Gasteiger partial charge in [-0.3, -0.25) is 4.79 Å². The van der Waals surface area contributed by atoms with E-state index in [0.29, 0.717) is 17.7 Å². The number of amides is 1. The van der Waals surface area contributed by atoms with Crippen molar-refractivity contribution in [2.45, 2.75) is 38.8 Å². The molecule has 23 heavy (non-hydrogen) atoms. The number of carbonyl (C=O) groups excluding carboxylic acids is 1. The van der Waals surface area contributed by atoms with E-state index in [4.69, 9.17) is 4.74 Å². The van der Waals surface area contributed by atoms with E-state index in [-0.39, 0.29) is 12.0 Å². The third-order valence-electron chi connectivity index (χ3n) is 3.30. The van der Waals surface area contributed by atoms with Gasteiger partial charge >= 0.3 is 0 Å². The van der Waals surface area contributed by atoms with Crippen molar-refractivity contribution >= 4 is 17.5 Å². The normalized spacial score (nSPS) is 13.7. The summed E-state index contributed by atoms with van der Waals surface area (Å²) in [6, 6.07) is 9.49. The SMILES string of the molecule is CC(C)Oc1ccccc1Nc1nccc(C(=O)NC2CC2)n1. The van der Waals surface area contributed by atoms with E-state index >= 15 is 0 Å². The molecular weight excluding hydrogens is 292 g/mol. The Balaban J connectivity index is 1.76. The quantitative estimate of drug-likeness (QED) is 0.857. The average Bonchev–Trinajstić information content (AvgIpc) is 3.33. The number of aromatic nitrogens is 2. The first kappa shape index (κ1) is 15.3. The molecule has 6 nitrogen and oxygen atoms in total. The highest BCUT2D eigenvalue weighted by Crippen LogP contribution is 2.27. The number of anilines is 2. The molecule has 0 bridgehead atoms. The minimum absolute atomic E-state index is 0.0644. The Morgan fingerprint density at radius 3 is 2.78 bits per heavy atom. The van der Waals surface area contributed by atoms with Gasteiger partial charge in [0, 0.05) is 12.2 Å². The Kier molecular flexibility index (Phi) is 4.41. The first-order valence-electron chi connectivity index (χ1n) is 7.78. The van der Waals surface area contributed by atoms with Gasteiger partial charge in [0.05, 0.1) is 11.8 Å². The summed E-state index contributed by atoms with van der Waals surface area (Å²) in [6.45, 7) is 3.94. The first-order valence-corrected chi connectivity index (χ1v) is 7.78. The summed E-state index contributed by atoms with van der Waals surface area (Å²) in [5, 5.41) is 6.03. The van der Waals surface area contributed by atoms with Gasteiger partial charge in [-0.1, -0.05) is 12.1 Å². The highest BCUT2D eigenvalue weighted by molar-refractivity contribution is 5.92. The number of nitrogens with one attached hydrogen (secondary N) is 2. The Bertz CT molecular complexity index is 698. The van der Waals surface area contributed by atoms with Crippen molar-refractivity contribution < 1.29 is 9.53 Å². The molecule has 2 N–H and O–H groups in total. The number of rotatable bonds is 6. The third-order valence-corrected chi connectivity index (χ3v) is 3.30. The van der Waals surface area contributed by atoms with Crippen LogP contribution in [0.1, 0.15) is 37.2 Å². The van der Waals surface area contributed by atoms with Crippen LogP contribution in [-0.4, -0.2) is 28.0 Å². The minimum Gasteiger partial charge on any atom is -0.489 e. The zero-order chi connectivity index (χ0) is 16.2. The van der Waals surface area contributed by atoms with Gasteiger partial charge in [-0.2, -0.15) is 0 Å². The lowest BCUT2D eigenvalue weighted by Crippen LogP contribution is -2.26. The number of benzene rings is 1. The van der Waals surface area contributed by atoms with Gasteiger partial charge in [-0.25, -0.2) is 9.97 Å². The standard InChI is InChI=1S/C17H20N4O2/c1-11(2)23-15-6-4-3-5-13(15)20-17-18-10-9-14(21-17)16(22)19-12-7-8-12/h3-6,9-12H,7-8H2,1-2H3,(H,19,22)(H,18,20,21).